The average molecular weight is 416 g/mol. The van der Waals surface area contributed by atoms with E-state index in [4.69, 9.17) is 9.47 Å². The Kier molecular flexibility index (Phi) is 4.03. The standard InChI is InChI=1S/C21H22BrNO3/c1-5-25-20(24)17-11(2)23-14-9-21(3,4)10-16-19(14)18(17)13-8-12(22)6-7-15(13)26-16/h6-8,10,18,23H,5,9H2,1-4H3. The summed E-state index contributed by atoms with van der Waals surface area (Å²) >= 11 is 3.56. The van der Waals surface area contributed by atoms with Gasteiger partial charge >= 0.3 is 5.97 Å². The molecule has 0 spiro atoms. The Morgan fingerprint density at radius 1 is 1.42 bits per heavy atom. The van der Waals surface area contributed by atoms with Crippen LogP contribution in [0.1, 0.15) is 45.6 Å². The van der Waals surface area contributed by atoms with E-state index in [1.165, 1.54) is 0 Å². The zero-order valence-electron chi connectivity index (χ0n) is 15.4. The summed E-state index contributed by atoms with van der Waals surface area (Å²) in [4.78, 5) is 12.8. The van der Waals surface area contributed by atoms with Crippen LogP contribution in [0.25, 0.3) is 0 Å². The van der Waals surface area contributed by atoms with Crippen LogP contribution in [0, 0.1) is 5.41 Å². The number of nitrogens with one attached hydrogen (secondary N) is 1. The first kappa shape index (κ1) is 17.4. The molecule has 0 saturated carbocycles. The second-order valence-electron chi connectivity index (χ2n) is 7.67. The lowest BCUT2D eigenvalue weighted by Gasteiger charge is -2.42. The van der Waals surface area contributed by atoms with Crippen molar-refractivity contribution in [2.24, 2.45) is 5.41 Å². The van der Waals surface area contributed by atoms with E-state index in [1.54, 1.807) is 0 Å². The molecule has 1 unspecified atom stereocenters. The topological polar surface area (TPSA) is 47.6 Å². The molecule has 5 heteroatoms. The van der Waals surface area contributed by atoms with Crippen molar-refractivity contribution in [3.05, 3.63) is 62.6 Å². The van der Waals surface area contributed by atoms with E-state index < -0.39 is 0 Å². The molecule has 4 nitrogen and oxygen atoms in total. The number of carbonyl (C=O) groups is 1. The van der Waals surface area contributed by atoms with Gasteiger partial charge in [-0.05, 0) is 50.0 Å². The molecule has 0 radical (unpaired) electrons. The molecule has 1 N–H and O–H groups in total. The fourth-order valence-corrected chi connectivity index (χ4v) is 4.48. The molecule has 0 saturated heterocycles. The van der Waals surface area contributed by atoms with Crippen LogP contribution in [0.2, 0.25) is 0 Å². The third kappa shape index (κ3) is 2.69. The fourth-order valence-electron chi connectivity index (χ4n) is 4.10. The minimum Gasteiger partial charge on any atom is -0.463 e. The molecule has 1 aromatic carbocycles. The van der Waals surface area contributed by atoms with Gasteiger partial charge in [-0.25, -0.2) is 4.79 Å². The summed E-state index contributed by atoms with van der Waals surface area (Å²) < 4.78 is 12.6. The molecule has 3 aliphatic rings. The Bertz CT molecular complexity index is 908. The molecule has 1 aromatic rings. The van der Waals surface area contributed by atoms with Gasteiger partial charge in [0.15, 0.2) is 0 Å². The van der Waals surface area contributed by atoms with E-state index in [2.05, 4.69) is 41.2 Å². The number of fused-ring (bicyclic) bond motifs is 2. The number of hydrogen-bond acceptors (Lipinski definition) is 4. The number of esters is 1. The van der Waals surface area contributed by atoms with Gasteiger partial charge in [-0.2, -0.15) is 0 Å². The van der Waals surface area contributed by atoms with E-state index >= 15 is 0 Å². The number of rotatable bonds is 2. The Balaban J connectivity index is 1.96. The number of ether oxygens (including phenoxy) is 2. The Morgan fingerprint density at radius 2 is 2.19 bits per heavy atom. The maximum Gasteiger partial charge on any atom is 0.336 e. The summed E-state index contributed by atoms with van der Waals surface area (Å²) in [5.41, 5.74) is 4.70. The maximum atomic E-state index is 12.8. The minimum absolute atomic E-state index is 0.0136. The third-order valence-electron chi connectivity index (χ3n) is 5.06. The first-order chi connectivity index (χ1) is 12.3. The molecule has 0 bridgehead atoms. The molecule has 0 aromatic heterocycles. The molecule has 2 aliphatic heterocycles. The zero-order chi connectivity index (χ0) is 18.6. The lowest BCUT2D eigenvalue weighted by molar-refractivity contribution is -0.138. The van der Waals surface area contributed by atoms with Gasteiger partial charge in [0.2, 0.25) is 0 Å². The first-order valence-corrected chi connectivity index (χ1v) is 9.68. The quantitative estimate of drug-likeness (QED) is 0.695. The highest BCUT2D eigenvalue weighted by molar-refractivity contribution is 9.10. The second kappa shape index (κ2) is 6.02. The van der Waals surface area contributed by atoms with Crippen LogP contribution in [-0.4, -0.2) is 12.6 Å². The maximum absolute atomic E-state index is 12.8. The zero-order valence-corrected chi connectivity index (χ0v) is 17.0. The number of dihydropyridines is 1. The number of benzene rings is 1. The average Bonchev–Trinajstić information content (AvgIpc) is 2.54. The summed E-state index contributed by atoms with van der Waals surface area (Å²) in [5, 5.41) is 3.46. The van der Waals surface area contributed by atoms with Crippen LogP contribution in [-0.2, 0) is 9.53 Å². The second-order valence-corrected chi connectivity index (χ2v) is 8.58. The highest BCUT2D eigenvalue weighted by atomic mass is 79.9. The summed E-state index contributed by atoms with van der Waals surface area (Å²) in [7, 11) is 0. The molecule has 26 heavy (non-hydrogen) atoms. The number of carbonyl (C=O) groups excluding carboxylic acids is 1. The molecule has 1 atom stereocenters. The summed E-state index contributed by atoms with van der Waals surface area (Å²) in [6, 6.07) is 5.96. The van der Waals surface area contributed by atoms with E-state index in [1.807, 2.05) is 32.0 Å². The van der Waals surface area contributed by atoms with Crippen molar-refractivity contribution < 1.29 is 14.3 Å². The van der Waals surface area contributed by atoms with Gasteiger partial charge in [0.1, 0.15) is 11.5 Å². The highest BCUT2D eigenvalue weighted by Gasteiger charge is 2.44. The summed E-state index contributed by atoms with van der Waals surface area (Å²) in [6.07, 6.45) is 3.05. The van der Waals surface area contributed by atoms with Crippen molar-refractivity contribution in [3.8, 4) is 5.75 Å². The number of halogens is 1. The van der Waals surface area contributed by atoms with E-state index in [-0.39, 0.29) is 17.3 Å². The van der Waals surface area contributed by atoms with E-state index in [9.17, 15) is 4.79 Å². The largest absolute Gasteiger partial charge is 0.463 e. The van der Waals surface area contributed by atoms with Crippen LogP contribution < -0.4 is 10.1 Å². The van der Waals surface area contributed by atoms with Crippen molar-refractivity contribution in [2.75, 3.05) is 6.61 Å². The SMILES string of the molecule is CCOC(=O)C1=C(C)NC2=C3C(=CC(C)(C)C2)Oc2ccc(Br)cc2C13. The van der Waals surface area contributed by atoms with Gasteiger partial charge in [0.05, 0.1) is 18.1 Å². The number of hydrogen-bond donors (Lipinski definition) is 1. The Labute approximate surface area is 162 Å². The lowest BCUT2D eigenvalue weighted by Crippen LogP contribution is -2.37. The van der Waals surface area contributed by atoms with Gasteiger partial charge in [0.25, 0.3) is 0 Å². The van der Waals surface area contributed by atoms with Crippen LogP contribution in [0.3, 0.4) is 0 Å². The lowest BCUT2D eigenvalue weighted by atomic mass is 9.71. The van der Waals surface area contributed by atoms with Gasteiger partial charge in [-0.1, -0.05) is 29.8 Å². The number of allylic oxidation sites excluding steroid dienone is 4. The van der Waals surface area contributed by atoms with Gasteiger partial charge in [-0.15, -0.1) is 0 Å². The molecule has 136 valence electrons. The van der Waals surface area contributed by atoms with E-state index in [0.717, 1.165) is 44.9 Å². The van der Waals surface area contributed by atoms with Gasteiger partial charge in [0, 0.05) is 27.0 Å². The van der Waals surface area contributed by atoms with Crippen molar-refractivity contribution in [2.45, 2.75) is 40.0 Å². The minimum atomic E-state index is -0.272. The van der Waals surface area contributed by atoms with Crippen molar-refractivity contribution >= 4 is 21.9 Å². The molecule has 1 aliphatic carbocycles. The predicted molar refractivity (Wildman–Crippen MR) is 103 cm³/mol. The van der Waals surface area contributed by atoms with Crippen molar-refractivity contribution in [3.63, 3.8) is 0 Å². The van der Waals surface area contributed by atoms with Gasteiger partial charge < -0.3 is 14.8 Å². The Morgan fingerprint density at radius 3 is 2.92 bits per heavy atom. The normalized spacial score (nSPS) is 22.7. The van der Waals surface area contributed by atoms with Crippen molar-refractivity contribution in [1.82, 2.24) is 5.32 Å². The van der Waals surface area contributed by atoms with E-state index in [0.29, 0.717) is 12.2 Å². The van der Waals surface area contributed by atoms with Crippen molar-refractivity contribution in [1.29, 1.82) is 0 Å². The highest BCUT2D eigenvalue weighted by Crippen LogP contribution is 2.53. The Hall–Kier alpha value is -2.01. The summed E-state index contributed by atoms with van der Waals surface area (Å²) in [6.45, 7) is 8.53. The van der Waals surface area contributed by atoms with Gasteiger partial charge in [-0.3, -0.25) is 0 Å². The first-order valence-electron chi connectivity index (χ1n) is 8.89. The molecule has 2 heterocycles. The molecule has 0 amide bonds. The van der Waals surface area contributed by atoms with Crippen LogP contribution >= 0.6 is 15.9 Å². The van der Waals surface area contributed by atoms with Crippen LogP contribution in [0.5, 0.6) is 5.75 Å². The molecular formula is C21H22BrNO3. The monoisotopic (exact) mass is 415 g/mol. The molecule has 4 rings (SSSR count). The fraction of sp³-hybridized carbons (Fsp3) is 0.381. The predicted octanol–water partition coefficient (Wildman–Crippen LogP) is 4.93. The van der Waals surface area contributed by atoms with Crippen LogP contribution in [0.4, 0.5) is 0 Å². The molecular weight excluding hydrogens is 394 g/mol. The van der Waals surface area contributed by atoms with Crippen LogP contribution in [0.15, 0.2) is 57.0 Å². The third-order valence-corrected chi connectivity index (χ3v) is 5.56. The summed E-state index contributed by atoms with van der Waals surface area (Å²) in [5.74, 6) is 1.19. The molecule has 0 fully saturated rings. The smallest absolute Gasteiger partial charge is 0.336 e.